The Morgan fingerprint density at radius 2 is 1.89 bits per heavy atom. The number of benzene rings is 1. The minimum atomic E-state index is -0.908. The van der Waals surface area contributed by atoms with Crippen molar-refractivity contribution >= 4 is 0 Å². The van der Waals surface area contributed by atoms with Crippen molar-refractivity contribution in [2.75, 3.05) is 6.61 Å². The molecule has 4 atom stereocenters. The van der Waals surface area contributed by atoms with Crippen LogP contribution in [0.25, 0.3) is 0 Å². The van der Waals surface area contributed by atoms with Crippen LogP contribution in [0.3, 0.4) is 0 Å². The maximum Gasteiger partial charge on any atom is 0.157 e. The van der Waals surface area contributed by atoms with Gasteiger partial charge in [0.15, 0.2) is 11.5 Å². The summed E-state index contributed by atoms with van der Waals surface area (Å²) in [6.45, 7) is 4.36. The smallest absolute Gasteiger partial charge is 0.157 e. The first kappa shape index (κ1) is 11.8. The van der Waals surface area contributed by atoms with Crippen molar-refractivity contribution in [3.05, 3.63) is 23.3 Å². The van der Waals surface area contributed by atoms with E-state index in [1.807, 2.05) is 6.92 Å². The molecule has 0 amide bonds. The molecule has 3 rings (SSSR count). The van der Waals surface area contributed by atoms with Crippen molar-refractivity contribution < 1.29 is 20.1 Å². The second kappa shape index (κ2) is 3.62. The van der Waals surface area contributed by atoms with Gasteiger partial charge in [-0.2, -0.15) is 0 Å². The van der Waals surface area contributed by atoms with Crippen LogP contribution in [-0.2, 0) is 11.2 Å². The summed E-state index contributed by atoms with van der Waals surface area (Å²) in [5.41, 5.74) is 0.937. The van der Waals surface area contributed by atoms with Crippen molar-refractivity contribution in [1.82, 2.24) is 0 Å². The number of ether oxygens (including phenoxy) is 1. The van der Waals surface area contributed by atoms with Crippen LogP contribution in [0.2, 0.25) is 0 Å². The Morgan fingerprint density at radius 1 is 1.22 bits per heavy atom. The standard InChI is InChI=1S/C14H18O4/c1-7-8(2)18-6-14(17)5-9-3-11(15)12(16)4-10(9)13(7)14/h3-4,7-8,13,15-17H,5-6H2,1-2H3/t7-,8+,13?,14?/m1/s1. The first-order valence-corrected chi connectivity index (χ1v) is 6.31. The van der Waals surface area contributed by atoms with Crippen molar-refractivity contribution in [3.8, 4) is 11.5 Å². The summed E-state index contributed by atoms with van der Waals surface area (Å²) in [5, 5.41) is 29.9. The molecular weight excluding hydrogens is 232 g/mol. The Morgan fingerprint density at radius 3 is 2.61 bits per heavy atom. The monoisotopic (exact) mass is 250 g/mol. The fraction of sp³-hybridized carbons (Fsp3) is 0.571. The number of aromatic hydroxyl groups is 2. The zero-order valence-corrected chi connectivity index (χ0v) is 10.6. The summed E-state index contributed by atoms with van der Waals surface area (Å²) < 4.78 is 5.62. The molecule has 0 bridgehead atoms. The highest BCUT2D eigenvalue weighted by molar-refractivity contribution is 5.51. The number of phenolic OH excluding ortho intramolecular Hbond substituents is 2. The van der Waals surface area contributed by atoms with E-state index in [9.17, 15) is 15.3 Å². The Kier molecular flexibility index (Phi) is 2.37. The highest BCUT2D eigenvalue weighted by Crippen LogP contribution is 2.51. The maximum atomic E-state index is 10.7. The molecule has 0 radical (unpaired) electrons. The van der Waals surface area contributed by atoms with E-state index in [0.29, 0.717) is 13.0 Å². The fourth-order valence-corrected chi connectivity index (χ4v) is 3.42. The fourth-order valence-electron chi connectivity index (χ4n) is 3.42. The summed E-state index contributed by atoms with van der Waals surface area (Å²) in [4.78, 5) is 0. The minimum Gasteiger partial charge on any atom is -0.504 e. The highest BCUT2D eigenvalue weighted by atomic mass is 16.5. The van der Waals surface area contributed by atoms with Gasteiger partial charge >= 0.3 is 0 Å². The molecule has 4 nitrogen and oxygen atoms in total. The first-order chi connectivity index (χ1) is 8.42. The molecule has 1 fully saturated rings. The Labute approximate surface area is 106 Å². The summed E-state index contributed by atoms with van der Waals surface area (Å²) in [7, 11) is 0. The van der Waals surface area contributed by atoms with E-state index in [1.54, 1.807) is 12.1 Å². The number of aliphatic hydroxyl groups is 1. The third-order valence-electron chi connectivity index (χ3n) is 4.51. The van der Waals surface area contributed by atoms with E-state index >= 15 is 0 Å². The molecule has 2 unspecified atom stereocenters. The van der Waals surface area contributed by atoms with Crippen LogP contribution in [0.1, 0.15) is 30.9 Å². The van der Waals surface area contributed by atoms with Crippen LogP contribution in [0.4, 0.5) is 0 Å². The predicted molar refractivity (Wildman–Crippen MR) is 65.7 cm³/mol. The van der Waals surface area contributed by atoms with Gasteiger partial charge in [-0.15, -0.1) is 0 Å². The average molecular weight is 250 g/mol. The van der Waals surface area contributed by atoms with E-state index in [4.69, 9.17) is 4.74 Å². The lowest BCUT2D eigenvalue weighted by Crippen LogP contribution is -2.49. The minimum absolute atomic E-state index is 0.0391. The molecule has 0 aromatic heterocycles. The highest BCUT2D eigenvalue weighted by Gasteiger charge is 2.52. The van der Waals surface area contributed by atoms with Crippen molar-refractivity contribution in [2.45, 2.75) is 37.9 Å². The van der Waals surface area contributed by atoms with Gasteiger partial charge in [-0.05, 0) is 36.1 Å². The Hall–Kier alpha value is -1.26. The van der Waals surface area contributed by atoms with Gasteiger partial charge in [-0.1, -0.05) is 6.92 Å². The molecular formula is C14H18O4. The zero-order valence-electron chi connectivity index (χ0n) is 10.6. The Bertz CT molecular complexity index is 499. The molecule has 98 valence electrons. The number of fused-ring (bicyclic) bond motifs is 3. The van der Waals surface area contributed by atoms with Crippen LogP contribution < -0.4 is 0 Å². The quantitative estimate of drug-likeness (QED) is 0.611. The normalized spacial score (nSPS) is 38.3. The van der Waals surface area contributed by atoms with Gasteiger partial charge in [0.1, 0.15) is 0 Å². The molecule has 4 heteroatoms. The predicted octanol–water partition coefficient (Wildman–Crippen LogP) is 1.52. The third-order valence-corrected chi connectivity index (χ3v) is 4.51. The molecule has 1 aromatic carbocycles. The van der Waals surface area contributed by atoms with E-state index in [-0.39, 0.29) is 29.4 Å². The summed E-state index contributed by atoms with van der Waals surface area (Å²) in [6, 6.07) is 3.14. The van der Waals surface area contributed by atoms with E-state index in [1.165, 1.54) is 0 Å². The lowest BCUT2D eigenvalue weighted by Gasteiger charge is -2.42. The molecule has 18 heavy (non-hydrogen) atoms. The van der Waals surface area contributed by atoms with Gasteiger partial charge in [0.2, 0.25) is 0 Å². The topological polar surface area (TPSA) is 69.9 Å². The van der Waals surface area contributed by atoms with Gasteiger partial charge in [-0.25, -0.2) is 0 Å². The van der Waals surface area contributed by atoms with E-state index in [2.05, 4.69) is 6.92 Å². The van der Waals surface area contributed by atoms with Gasteiger partial charge in [0.25, 0.3) is 0 Å². The molecule has 1 aromatic rings. The first-order valence-electron chi connectivity index (χ1n) is 6.31. The van der Waals surface area contributed by atoms with Gasteiger partial charge in [0.05, 0.1) is 18.3 Å². The number of hydrogen-bond acceptors (Lipinski definition) is 4. The van der Waals surface area contributed by atoms with Crippen molar-refractivity contribution in [3.63, 3.8) is 0 Å². The molecule has 2 aliphatic rings. The molecule has 3 N–H and O–H groups in total. The summed E-state index contributed by atoms with van der Waals surface area (Å²) in [6.07, 6.45) is 0.551. The second-order valence-electron chi connectivity index (χ2n) is 5.67. The van der Waals surface area contributed by atoms with Crippen LogP contribution >= 0.6 is 0 Å². The molecule has 1 aliphatic carbocycles. The molecule has 1 saturated heterocycles. The molecule has 1 heterocycles. The molecule has 1 aliphatic heterocycles. The third kappa shape index (κ3) is 1.45. The second-order valence-corrected chi connectivity index (χ2v) is 5.67. The summed E-state index contributed by atoms with van der Waals surface area (Å²) >= 11 is 0. The SMILES string of the molecule is C[C@@H]1OCC2(O)Cc3cc(O)c(O)cc3C2[C@@H]1C. The lowest BCUT2D eigenvalue weighted by atomic mass is 9.75. The van der Waals surface area contributed by atoms with Crippen LogP contribution in [0.5, 0.6) is 11.5 Å². The van der Waals surface area contributed by atoms with Gasteiger partial charge in [0, 0.05) is 12.3 Å². The van der Waals surface area contributed by atoms with Gasteiger partial charge in [-0.3, -0.25) is 0 Å². The zero-order chi connectivity index (χ0) is 13.1. The van der Waals surface area contributed by atoms with E-state index in [0.717, 1.165) is 11.1 Å². The molecule has 0 spiro atoms. The lowest BCUT2D eigenvalue weighted by molar-refractivity contribution is -0.146. The van der Waals surface area contributed by atoms with Crippen LogP contribution in [0.15, 0.2) is 12.1 Å². The number of phenols is 2. The van der Waals surface area contributed by atoms with Crippen molar-refractivity contribution in [1.29, 1.82) is 0 Å². The van der Waals surface area contributed by atoms with Crippen molar-refractivity contribution in [2.24, 2.45) is 5.92 Å². The largest absolute Gasteiger partial charge is 0.504 e. The Balaban J connectivity index is 2.12. The number of hydrogen-bond donors (Lipinski definition) is 3. The summed E-state index contributed by atoms with van der Waals surface area (Å²) in [5.74, 6) is -0.112. The van der Waals surface area contributed by atoms with E-state index < -0.39 is 5.60 Å². The number of rotatable bonds is 0. The average Bonchev–Trinajstić information content (AvgIpc) is 2.58. The van der Waals surface area contributed by atoms with Gasteiger partial charge < -0.3 is 20.1 Å². The maximum absolute atomic E-state index is 10.7. The van der Waals surface area contributed by atoms with Crippen LogP contribution in [-0.4, -0.2) is 33.6 Å². The van der Waals surface area contributed by atoms with Crippen LogP contribution in [0, 0.1) is 5.92 Å². The molecule has 0 saturated carbocycles.